The number of carboxylic acid groups (broad SMARTS) is 1. The summed E-state index contributed by atoms with van der Waals surface area (Å²) in [5, 5.41) is 8.95. The molecule has 1 heterocycles. The van der Waals surface area contributed by atoms with Crippen molar-refractivity contribution in [1.82, 2.24) is 0 Å². The van der Waals surface area contributed by atoms with Crippen LogP contribution in [0.15, 0.2) is 18.2 Å². The third kappa shape index (κ3) is 1.45. The zero-order valence-electron chi connectivity index (χ0n) is 7.99. The molecule has 0 unspecified atom stereocenters. The monoisotopic (exact) mass is 192 g/mol. The van der Waals surface area contributed by atoms with Gasteiger partial charge in [0.05, 0.1) is 6.10 Å². The van der Waals surface area contributed by atoms with E-state index in [1.54, 1.807) is 12.1 Å². The van der Waals surface area contributed by atoms with Crippen LogP contribution in [0.2, 0.25) is 0 Å². The van der Waals surface area contributed by atoms with E-state index in [1.165, 1.54) is 0 Å². The van der Waals surface area contributed by atoms with Crippen LogP contribution in [0.1, 0.15) is 29.3 Å². The van der Waals surface area contributed by atoms with Crippen LogP contribution in [-0.4, -0.2) is 17.2 Å². The molecule has 2 rings (SSSR count). The van der Waals surface area contributed by atoms with Crippen molar-refractivity contribution in [2.24, 2.45) is 0 Å². The highest BCUT2D eigenvalue weighted by Crippen LogP contribution is 2.31. The molecule has 0 saturated heterocycles. The van der Waals surface area contributed by atoms with Crippen molar-refractivity contribution in [3.05, 3.63) is 29.3 Å². The lowest BCUT2D eigenvalue weighted by Crippen LogP contribution is -2.20. The molecule has 1 aromatic carbocycles. The Morgan fingerprint density at radius 3 is 3.07 bits per heavy atom. The van der Waals surface area contributed by atoms with Gasteiger partial charge in [-0.3, -0.25) is 0 Å². The van der Waals surface area contributed by atoms with Crippen LogP contribution in [0.5, 0.6) is 5.75 Å². The lowest BCUT2D eigenvalue weighted by atomic mass is 10.00. The van der Waals surface area contributed by atoms with Crippen LogP contribution >= 0.6 is 0 Å². The largest absolute Gasteiger partial charge is 0.490 e. The molecule has 0 spiro atoms. The number of hydrogen-bond donors (Lipinski definition) is 1. The Hall–Kier alpha value is -1.51. The lowest BCUT2D eigenvalue weighted by molar-refractivity contribution is 0.0687. The summed E-state index contributed by atoms with van der Waals surface area (Å²) in [5.74, 6) is -0.366. The molecular weight excluding hydrogens is 180 g/mol. The molecule has 3 nitrogen and oxygen atoms in total. The fraction of sp³-hybridized carbons (Fsp3) is 0.364. The number of hydrogen-bond acceptors (Lipinski definition) is 2. The number of benzene rings is 1. The highest BCUT2D eigenvalue weighted by molar-refractivity contribution is 5.91. The first-order valence-corrected chi connectivity index (χ1v) is 4.70. The Labute approximate surface area is 82.3 Å². The summed E-state index contributed by atoms with van der Waals surface area (Å²) in [5.41, 5.74) is 1.28. The number of aryl methyl sites for hydroxylation is 1. The maximum atomic E-state index is 10.9. The number of aromatic carboxylic acids is 1. The molecule has 0 fully saturated rings. The molecule has 74 valence electrons. The van der Waals surface area contributed by atoms with Crippen molar-refractivity contribution in [1.29, 1.82) is 0 Å². The highest BCUT2D eigenvalue weighted by atomic mass is 16.5. The minimum absolute atomic E-state index is 0.114. The van der Waals surface area contributed by atoms with E-state index in [-0.39, 0.29) is 11.7 Å². The Morgan fingerprint density at radius 2 is 2.36 bits per heavy atom. The Balaban J connectivity index is 2.48. The van der Waals surface area contributed by atoms with Gasteiger partial charge < -0.3 is 9.84 Å². The van der Waals surface area contributed by atoms with E-state index >= 15 is 0 Å². The smallest absolute Gasteiger partial charge is 0.339 e. The van der Waals surface area contributed by atoms with Crippen molar-refractivity contribution in [2.75, 3.05) is 0 Å². The van der Waals surface area contributed by atoms with Gasteiger partial charge in [0.15, 0.2) is 0 Å². The molecule has 3 heteroatoms. The fourth-order valence-corrected chi connectivity index (χ4v) is 1.71. The van der Waals surface area contributed by atoms with Crippen LogP contribution in [0.25, 0.3) is 0 Å². The van der Waals surface area contributed by atoms with Crippen molar-refractivity contribution in [3.63, 3.8) is 0 Å². The first kappa shape index (κ1) is 9.06. The van der Waals surface area contributed by atoms with Gasteiger partial charge in [0, 0.05) is 0 Å². The van der Waals surface area contributed by atoms with Crippen molar-refractivity contribution in [2.45, 2.75) is 25.9 Å². The van der Waals surface area contributed by atoms with Gasteiger partial charge >= 0.3 is 5.97 Å². The van der Waals surface area contributed by atoms with Crippen LogP contribution in [0.3, 0.4) is 0 Å². The van der Waals surface area contributed by atoms with Gasteiger partial charge in [0.1, 0.15) is 11.3 Å². The summed E-state index contributed by atoms with van der Waals surface area (Å²) in [6.07, 6.45) is 1.97. The first-order valence-electron chi connectivity index (χ1n) is 4.70. The Kier molecular flexibility index (Phi) is 2.15. The van der Waals surface area contributed by atoms with Gasteiger partial charge in [-0.1, -0.05) is 12.1 Å². The van der Waals surface area contributed by atoms with E-state index in [0.29, 0.717) is 5.75 Å². The second-order valence-electron chi connectivity index (χ2n) is 3.57. The van der Waals surface area contributed by atoms with Crippen LogP contribution < -0.4 is 4.74 Å². The summed E-state index contributed by atoms with van der Waals surface area (Å²) < 4.78 is 5.54. The van der Waals surface area contributed by atoms with Crippen molar-refractivity contribution in [3.8, 4) is 5.75 Å². The van der Waals surface area contributed by atoms with E-state index in [4.69, 9.17) is 9.84 Å². The van der Waals surface area contributed by atoms with Crippen molar-refractivity contribution >= 4 is 5.97 Å². The topological polar surface area (TPSA) is 46.5 Å². The molecule has 0 saturated carbocycles. The van der Waals surface area contributed by atoms with Gasteiger partial charge in [-0.25, -0.2) is 4.79 Å². The highest BCUT2D eigenvalue weighted by Gasteiger charge is 2.21. The van der Waals surface area contributed by atoms with Gasteiger partial charge in [-0.05, 0) is 31.4 Å². The van der Waals surface area contributed by atoms with E-state index < -0.39 is 5.97 Å². The number of fused-ring (bicyclic) bond motifs is 1. The van der Waals surface area contributed by atoms with Crippen molar-refractivity contribution < 1.29 is 14.6 Å². The first-order chi connectivity index (χ1) is 6.68. The number of carboxylic acids is 1. The second kappa shape index (κ2) is 3.33. The lowest BCUT2D eigenvalue weighted by Gasteiger charge is -2.24. The summed E-state index contributed by atoms with van der Waals surface area (Å²) in [7, 11) is 0. The summed E-state index contributed by atoms with van der Waals surface area (Å²) >= 11 is 0. The summed E-state index contributed by atoms with van der Waals surface area (Å²) in [6, 6.07) is 5.27. The third-order valence-corrected chi connectivity index (χ3v) is 2.47. The molecule has 14 heavy (non-hydrogen) atoms. The van der Waals surface area contributed by atoms with Gasteiger partial charge in [-0.15, -0.1) is 0 Å². The Bertz CT molecular complexity index is 371. The number of ether oxygens (including phenoxy) is 1. The molecule has 0 aliphatic carbocycles. The third-order valence-electron chi connectivity index (χ3n) is 2.47. The molecule has 1 aliphatic rings. The van der Waals surface area contributed by atoms with Crippen LogP contribution in [0.4, 0.5) is 0 Å². The van der Waals surface area contributed by atoms with Gasteiger partial charge in [0.2, 0.25) is 0 Å². The quantitative estimate of drug-likeness (QED) is 0.741. The second-order valence-corrected chi connectivity index (χ2v) is 3.57. The normalized spacial score (nSPS) is 19.6. The minimum Gasteiger partial charge on any atom is -0.490 e. The SMILES string of the molecule is C[C@@H]1CCc2cccc(C(=O)O)c2O1. The summed E-state index contributed by atoms with van der Waals surface area (Å²) in [4.78, 5) is 10.9. The Morgan fingerprint density at radius 1 is 1.57 bits per heavy atom. The molecule has 1 aromatic rings. The molecule has 0 radical (unpaired) electrons. The van der Waals surface area contributed by atoms with E-state index in [9.17, 15) is 4.79 Å². The molecule has 1 N–H and O–H groups in total. The average molecular weight is 192 g/mol. The number of carbonyl (C=O) groups is 1. The number of rotatable bonds is 1. The maximum Gasteiger partial charge on any atom is 0.339 e. The predicted octanol–water partition coefficient (Wildman–Crippen LogP) is 2.10. The average Bonchev–Trinajstić information content (AvgIpc) is 2.16. The van der Waals surface area contributed by atoms with Crippen LogP contribution in [-0.2, 0) is 6.42 Å². The van der Waals surface area contributed by atoms with E-state index in [0.717, 1.165) is 18.4 Å². The maximum absolute atomic E-state index is 10.9. The molecule has 1 atom stereocenters. The van der Waals surface area contributed by atoms with E-state index in [1.807, 2.05) is 13.0 Å². The standard InChI is InChI=1S/C11H12O3/c1-7-5-6-8-3-2-4-9(11(12)13)10(8)14-7/h2-4,7H,5-6H2,1H3,(H,12,13)/t7-/m1/s1. The van der Waals surface area contributed by atoms with Gasteiger partial charge in [-0.2, -0.15) is 0 Å². The zero-order valence-corrected chi connectivity index (χ0v) is 7.99. The molecule has 0 amide bonds. The molecule has 1 aliphatic heterocycles. The molecule has 0 aromatic heterocycles. The summed E-state index contributed by atoms with van der Waals surface area (Å²) in [6.45, 7) is 1.96. The predicted molar refractivity (Wildman–Crippen MR) is 51.8 cm³/mol. The zero-order chi connectivity index (χ0) is 10.1. The van der Waals surface area contributed by atoms with Crippen LogP contribution in [0, 0.1) is 0 Å². The number of para-hydroxylation sites is 1. The fourth-order valence-electron chi connectivity index (χ4n) is 1.71. The molecular formula is C11H12O3. The van der Waals surface area contributed by atoms with Gasteiger partial charge in [0.25, 0.3) is 0 Å². The molecule has 0 bridgehead atoms. The van der Waals surface area contributed by atoms with E-state index in [2.05, 4.69) is 0 Å². The minimum atomic E-state index is -0.920.